The molecule has 1 aromatic heterocycles. The first kappa shape index (κ1) is 19.4. The van der Waals surface area contributed by atoms with Gasteiger partial charge in [0.05, 0.1) is 27.9 Å². The van der Waals surface area contributed by atoms with E-state index in [9.17, 15) is 22.4 Å². The second-order valence-electron chi connectivity index (χ2n) is 6.98. The number of anilines is 1. The fourth-order valence-corrected chi connectivity index (χ4v) is 5.41. The Bertz CT molecular complexity index is 1080. The third kappa shape index (κ3) is 3.06. The largest absolute Gasteiger partial charge is 0.480 e. The summed E-state index contributed by atoms with van der Waals surface area (Å²) in [5.74, 6) is -2.11. The summed E-state index contributed by atoms with van der Waals surface area (Å²) in [7, 11) is -3.84. The van der Waals surface area contributed by atoms with Crippen molar-refractivity contribution in [3.8, 4) is 0 Å². The van der Waals surface area contributed by atoms with Crippen LogP contribution in [0.1, 0.15) is 18.5 Å². The molecular formula is C18H17FN4O5S. The van der Waals surface area contributed by atoms with Gasteiger partial charge < -0.3 is 5.11 Å². The van der Waals surface area contributed by atoms with Gasteiger partial charge in [0, 0.05) is 13.1 Å². The SMILES string of the molecule is O=C(O)CN1C(=O)C2(CCN(S(=O)(=O)c3ccc(F)cc3)CC2)c2ncncc21. The molecule has 0 atom stereocenters. The van der Waals surface area contributed by atoms with E-state index < -0.39 is 39.7 Å². The number of hydrogen-bond acceptors (Lipinski definition) is 6. The lowest BCUT2D eigenvalue weighted by atomic mass is 9.77. The van der Waals surface area contributed by atoms with Crippen LogP contribution in [0.3, 0.4) is 0 Å². The summed E-state index contributed by atoms with van der Waals surface area (Å²) < 4.78 is 40.1. The van der Waals surface area contributed by atoms with Crippen molar-refractivity contribution in [3.63, 3.8) is 0 Å². The molecule has 1 saturated heterocycles. The van der Waals surface area contributed by atoms with Crippen LogP contribution in [0.15, 0.2) is 41.7 Å². The molecule has 1 amide bonds. The van der Waals surface area contributed by atoms with Gasteiger partial charge in [-0.1, -0.05) is 0 Å². The van der Waals surface area contributed by atoms with Crippen molar-refractivity contribution in [2.24, 2.45) is 0 Å². The first-order valence-corrected chi connectivity index (χ1v) is 10.3. The molecule has 152 valence electrons. The summed E-state index contributed by atoms with van der Waals surface area (Å²) in [4.78, 5) is 33.6. The zero-order chi connectivity index (χ0) is 20.8. The average Bonchev–Trinajstić information content (AvgIpc) is 2.91. The molecule has 1 fully saturated rings. The van der Waals surface area contributed by atoms with E-state index in [0.29, 0.717) is 11.4 Å². The topological polar surface area (TPSA) is 121 Å². The van der Waals surface area contributed by atoms with E-state index in [0.717, 1.165) is 17.0 Å². The van der Waals surface area contributed by atoms with Crippen LogP contribution in [0, 0.1) is 5.82 Å². The van der Waals surface area contributed by atoms with Gasteiger partial charge in [0.25, 0.3) is 0 Å². The number of piperidine rings is 1. The zero-order valence-electron chi connectivity index (χ0n) is 15.2. The number of rotatable bonds is 4. The van der Waals surface area contributed by atoms with Gasteiger partial charge in [-0.05, 0) is 37.1 Å². The minimum atomic E-state index is -3.84. The summed E-state index contributed by atoms with van der Waals surface area (Å²) in [6, 6.07) is 4.56. The van der Waals surface area contributed by atoms with E-state index in [2.05, 4.69) is 9.97 Å². The molecule has 1 aromatic carbocycles. The third-order valence-electron chi connectivity index (χ3n) is 5.41. The van der Waals surface area contributed by atoms with E-state index >= 15 is 0 Å². The van der Waals surface area contributed by atoms with E-state index in [4.69, 9.17) is 5.11 Å². The second-order valence-corrected chi connectivity index (χ2v) is 8.92. The maximum Gasteiger partial charge on any atom is 0.323 e. The second kappa shape index (κ2) is 6.85. The fraction of sp³-hybridized carbons (Fsp3) is 0.333. The summed E-state index contributed by atoms with van der Waals surface area (Å²) in [6.07, 6.45) is 3.01. The summed E-state index contributed by atoms with van der Waals surface area (Å²) in [6.45, 7) is -0.413. The Kier molecular flexibility index (Phi) is 4.58. The number of aromatic nitrogens is 2. The van der Waals surface area contributed by atoms with Crippen molar-refractivity contribution in [1.29, 1.82) is 0 Å². The van der Waals surface area contributed by atoms with Gasteiger partial charge in [0.15, 0.2) is 0 Å². The summed E-state index contributed by atoms with van der Waals surface area (Å²) in [5.41, 5.74) is -0.310. The van der Waals surface area contributed by atoms with Crippen molar-refractivity contribution >= 4 is 27.6 Å². The Morgan fingerprint density at radius 2 is 1.86 bits per heavy atom. The number of amides is 1. The van der Waals surface area contributed by atoms with E-state index in [1.165, 1.54) is 29.0 Å². The number of nitrogens with zero attached hydrogens (tertiary/aromatic N) is 4. The number of aliphatic carboxylic acids is 1. The molecule has 9 nitrogen and oxygen atoms in total. The molecule has 0 bridgehead atoms. The molecule has 2 aliphatic heterocycles. The molecule has 2 aliphatic rings. The Labute approximate surface area is 165 Å². The predicted molar refractivity (Wildman–Crippen MR) is 98.1 cm³/mol. The minimum Gasteiger partial charge on any atom is -0.480 e. The van der Waals surface area contributed by atoms with Crippen molar-refractivity contribution in [3.05, 3.63) is 48.3 Å². The molecule has 0 radical (unpaired) electrons. The van der Waals surface area contributed by atoms with Gasteiger partial charge in [0.2, 0.25) is 15.9 Å². The predicted octanol–water partition coefficient (Wildman–Crippen LogP) is 0.769. The Morgan fingerprint density at radius 1 is 1.21 bits per heavy atom. The average molecular weight is 420 g/mol. The smallest absolute Gasteiger partial charge is 0.323 e. The van der Waals surface area contributed by atoms with E-state index in [1.807, 2.05) is 0 Å². The van der Waals surface area contributed by atoms with Crippen LogP contribution in [-0.2, 0) is 25.0 Å². The molecule has 0 saturated carbocycles. The summed E-state index contributed by atoms with van der Waals surface area (Å²) in [5, 5.41) is 9.15. The van der Waals surface area contributed by atoms with Crippen LogP contribution in [0.25, 0.3) is 0 Å². The number of carboxylic acid groups (broad SMARTS) is 1. The highest BCUT2D eigenvalue weighted by atomic mass is 32.2. The zero-order valence-corrected chi connectivity index (χ0v) is 16.0. The van der Waals surface area contributed by atoms with Crippen LogP contribution < -0.4 is 4.90 Å². The Morgan fingerprint density at radius 3 is 2.48 bits per heavy atom. The number of hydrogen-bond donors (Lipinski definition) is 1. The molecule has 11 heteroatoms. The van der Waals surface area contributed by atoms with E-state index in [1.54, 1.807) is 0 Å². The summed E-state index contributed by atoms with van der Waals surface area (Å²) >= 11 is 0. The first-order chi connectivity index (χ1) is 13.8. The molecule has 0 aliphatic carbocycles. The highest BCUT2D eigenvalue weighted by Crippen LogP contribution is 2.46. The van der Waals surface area contributed by atoms with Crippen LogP contribution in [0.2, 0.25) is 0 Å². The van der Waals surface area contributed by atoms with Crippen LogP contribution in [0.4, 0.5) is 10.1 Å². The van der Waals surface area contributed by atoms with Gasteiger partial charge in [-0.15, -0.1) is 0 Å². The quantitative estimate of drug-likeness (QED) is 0.775. The standard InChI is InChI=1S/C18H17FN4O5S/c19-12-1-3-13(4-2-12)29(27,28)22-7-5-18(6-8-22)16-14(9-20-11-21-16)23(17(18)26)10-15(24)25/h1-4,9,11H,5-8,10H2,(H,24,25). The number of carboxylic acids is 1. The number of carbonyl (C=O) groups excluding carboxylic acids is 1. The van der Waals surface area contributed by atoms with Gasteiger partial charge >= 0.3 is 5.97 Å². The lowest BCUT2D eigenvalue weighted by Crippen LogP contribution is -2.50. The van der Waals surface area contributed by atoms with Gasteiger partial charge in [0.1, 0.15) is 18.7 Å². The Balaban J connectivity index is 1.62. The van der Waals surface area contributed by atoms with Crippen LogP contribution in [-0.4, -0.2) is 59.3 Å². The molecule has 0 unspecified atom stereocenters. The first-order valence-electron chi connectivity index (χ1n) is 8.86. The third-order valence-corrected chi connectivity index (χ3v) is 7.33. The number of carbonyl (C=O) groups is 2. The Hall–Kier alpha value is -2.92. The van der Waals surface area contributed by atoms with Crippen molar-refractivity contribution in [2.75, 3.05) is 24.5 Å². The molecule has 1 spiro atoms. The van der Waals surface area contributed by atoms with Crippen LogP contribution in [0.5, 0.6) is 0 Å². The highest BCUT2D eigenvalue weighted by molar-refractivity contribution is 7.89. The number of sulfonamides is 1. The minimum absolute atomic E-state index is 0.0252. The number of halogens is 1. The maximum absolute atomic E-state index is 13.1. The molecule has 2 aromatic rings. The lowest BCUT2D eigenvalue weighted by molar-refractivity contribution is -0.137. The maximum atomic E-state index is 13.1. The van der Waals surface area contributed by atoms with Crippen LogP contribution >= 0.6 is 0 Å². The van der Waals surface area contributed by atoms with Crippen molar-refractivity contribution in [2.45, 2.75) is 23.2 Å². The normalized spacial score (nSPS) is 18.8. The van der Waals surface area contributed by atoms with Gasteiger partial charge in [-0.3, -0.25) is 14.5 Å². The molecule has 4 rings (SSSR count). The van der Waals surface area contributed by atoms with Crippen molar-refractivity contribution < 1.29 is 27.5 Å². The molecule has 1 N–H and O–H groups in total. The number of benzene rings is 1. The highest BCUT2D eigenvalue weighted by Gasteiger charge is 2.54. The van der Waals surface area contributed by atoms with Gasteiger partial charge in [-0.2, -0.15) is 4.31 Å². The van der Waals surface area contributed by atoms with Crippen molar-refractivity contribution in [1.82, 2.24) is 14.3 Å². The molecule has 29 heavy (non-hydrogen) atoms. The monoisotopic (exact) mass is 420 g/mol. The van der Waals surface area contributed by atoms with Gasteiger partial charge in [-0.25, -0.2) is 22.8 Å². The lowest BCUT2D eigenvalue weighted by Gasteiger charge is -2.37. The fourth-order valence-electron chi connectivity index (χ4n) is 3.96. The molecular weight excluding hydrogens is 403 g/mol. The van der Waals surface area contributed by atoms with E-state index in [-0.39, 0.29) is 30.8 Å². The molecule has 3 heterocycles. The number of fused-ring (bicyclic) bond motifs is 2.